The number of hydrogen-bond donors (Lipinski definition) is 1. The molecule has 1 unspecified atom stereocenters. The second-order valence-corrected chi connectivity index (χ2v) is 6.61. The first kappa shape index (κ1) is 17.9. The van der Waals surface area contributed by atoms with Gasteiger partial charge in [-0.1, -0.05) is 50.8 Å². The van der Waals surface area contributed by atoms with Gasteiger partial charge in [0.05, 0.1) is 14.2 Å². The molecular formula is C21H24O3. The van der Waals surface area contributed by atoms with Gasteiger partial charge in [0.25, 0.3) is 0 Å². The van der Waals surface area contributed by atoms with Crippen LogP contribution in [0.5, 0.6) is 11.5 Å². The highest BCUT2D eigenvalue weighted by molar-refractivity contribution is 5.46. The molecular weight excluding hydrogens is 300 g/mol. The first-order chi connectivity index (χ1) is 11.3. The lowest BCUT2D eigenvalue weighted by Gasteiger charge is -2.18. The fourth-order valence-electron chi connectivity index (χ4n) is 2.31. The average Bonchev–Trinajstić information content (AvgIpc) is 2.58. The van der Waals surface area contributed by atoms with E-state index in [1.54, 1.807) is 32.4 Å². The normalized spacial score (nSPS) is 12.1. The van der Waals surface area contributed by atoms with E-state index in [2.05, 4.69) is 44.7 Å². The second-order valence-electron chi connectivity index (χ2n) is 6.61. The van der Waals surface area contributed by atoms with Crippen LogP contribution in [0.2, 0.25) is 0 Å². The molecule has 0 aromatic heterocycles. The first-order valence-electron chi connectivity index (χ1n) is 7.87. The Bertz CT molecular complexity index is 743. The largest absolute Gasteiger partial charge is 0.493 e. The number of ether oxygens (including phenoxy) is 2. The number of hydrogen-bond acceptors (Lipinski definition) is 3. The fourth-order valence-corrected chi connectivity index (χ4v) is 2.31. The first-order valence-corrected chi connectivity index (χ1v) is 7.87. The summed E-state index contributed by atoms with van der Waals surface area (Å²) in [5.41, 5.74) is 2.92. The van der Waals surface area contributed by atoms with Crippen LogP contribution in [-0.2, 0) is 5.41 Å². The van der Waals surface area contributed by atoms with Crippen LogP contribution in [0.3, 0.4) is 0 Å². The molecule has 0 aliphatic heterocycles. The van der Waals surface area contributed by atoms with Gasteiger partial charge in [0.2, 0.25) is 0 Å². The van der Waals surface area contributed by atoms with Gasteiger partial charge in [0.15, 0.2) is 11.5 Å². The van der Waals surface area contributed by atoms with Crippen LogP contribution in [0.1, 0.15) is 43.6 Å². The van der Waals surface area contributed by atoms with Crippen molar-refractivity contribution in [2.75, 3.05) is 14.2 Å². The van der Waals surface area contributed by atoms with E-state index in [4.69, 9.17) is 9.47 Å². The van der Waals surface area contributed by atoms with E-state index in [-0.39, 0.29) is 5.41 Å². The molecule has 0 radical (unpaired) electrons. The maximum Gasteiger partial charge on any atom is 0.161 e. The molecule has 24 heavy (non-hydrogen) atoms. The molecule has 0 aliphatic rings. The summed E-state index contributed by atoms with van der Waals surface area (Å²) in [7, 11) is 3.14. The number of rotatable bonds is 3. The van der Waals surface area contributed by atoms with Gasteiger partial charge in [-0.15, -0.1) is 0 Å². The van der Waals surface area contributed by atoms with Crippen LogP contribution in [0.4, 0.5) is 0 Å². The van der Waals surface area contributed by atoms with Crippen molar-refractivity contribution in [1.29, 1.82) is 0 Å². The molecule has 0 heterocycles. The van der Waals surface area contributed by atoms with Crippen LogP contribution < -0.4 is 9.47 Å². The van der Waals surface area contributed by atoms with Crippen molar-refractivity contribution in [1.82, 2.24) is 0 Å². The highest BCUT2D eigenvalue weighted by Gasteiger charge is 2.12. The van der Waals surface area contributed by atoms with Crippen molar-refractivity contribution in [3.05, 3.63) is 59.2 Å². The minimum Gasteiger partial charge on any atom is -0.493 e. The lowest BCUT2D eigenvalue weighted by molar-refractivity contribution is 0.237. The molecule has 0 amide bonds. The monoisotopic (exact) mass is 324 g/mol. The molecule has 3 heteroatoms. The molecule has 0 bridgehead atoms. The van der Waals surface area contributed by atoms with Crippen LogP contribution in [0.25, 0.3) is 0 Å². The van der Waals surface area contributed by atoms with Gasteiger partial charge in [-0.05, 0) is 40.8 Å². The Morgan fingerprint density at radius 1 is 0.917 bits per heavy atom. The van der Waals surface area contributed by atoms with Crippen LogP contribution in [0.15, 0.2) is 42.5 Å². The van der Waals surface area contributed by atoms with E-state index in [0.717, 1.165) is 5.56 Å². The Morgan fingerprint density at radius 2 is 1.54 bits per heavy atom. The lowest BCUT2D eigenvalue weighted by Crippen LogP contribution is -2.10. The number of aliphatic hydroxyl groups is 1. The van der Waals surface area contributed by atoms with E-state index < -0.39 is 6.10 Å². The minimum atomic E-state index is -0.882. The molecule has 0 saturated carbocycles. The smallest absolute Gasteiger partial charge is 0.161 e. The zero-order chi connectivity index (χ0) is 17.7. The van der Waals surface area contributed by atoms with Crippen LogP contribution in [-0.4, -0.2) is 19.3 Å². The van der Waals surface area contributed by atoms with E-state index in [0.29, 0.717) is 17.1 Å². The number of benzene rings is 2. The van der Waals surface area contributed by atoms with Gasteiger partial charge in [-0.2, -0.15) is 0 Å². The van der Waals surface area contributed by atoms with E-state index in [1.807, 2.05) is 12.1 Å². The summed E-state index contributed by atoms with van der Waals surface area (Å²) in [4.78, 5) is 0. The zero-order valence-corrected chi connectivity index (χ0v) is 14.9. The summed E-state index contributed by atoms with van der Waals surface area (Å²) in [6.45, 7) is 6.53. The lowest BCUT2D eigenvalue weighted by atomic mass is 9.87. The Balaban J connectivity index is 2.18. The van der Waals surface area contributed by atoms with Gasteiger partial charge < -0.3 is 14.6 Å². The maximum absolute atomic E-state index is 10.3. The Hall–Kier alpha value is -2.44. The molecule has 2 aromatic carbocycles. The van der Waals surface area contributed by atoms with Crippen molar-refractivity contribution in [2.24, 2.45) is 0 Å². The standard InChI is InChI=1S/C21H24O3/c1-21(2,3)17-10-6-15(7-11-17)8-12-18(22)16-9-13-19(23-4)20(14-16)24-5/h6-7,9-11,13-14,18,22H,1-5H3. The highest BCUT2D eigenvalue weighted by atomic mass is 16.5. The summed E-state index contributed by atoms with van der Waals surface area (Å²) in [5, 5.41) is 10.3. The number of aliphatic hydroxyl groups excluding tert-OH is 1. The van der Waals surface area contributed by atoms with Crippen molar-refractivity contribution < 1.29 is 14.6 Å². The van der Waals surface area contributed by atoms with E-state index >= 15 is 0 Å². The van der Waals surface area contributed by atoms with Gasteiger partial charge in [0.1, 0.15) is 6.10 Å². The van der Waals surface area contributed by atoms with Crippen LogP contribution in [0, 0.1) is 11.8 Å². The Kier molecular flexibility index (Phi) is 5.54. The van der Waals surface area contributed by atoms with Gasteiger partial charge in [-0.3, -0.25) is 0 Å². The molecule has 126 valence electrons. The molecule has 3 nitrogen and oxygen atoms in total. The summed E-state index contributed by atoms with van der Waals surface area (Å²) in [6.07, 6.45) is -0.882. The minimum absolute atomic E-state index is 0.116. The second kappa shape index (κ2) is 7.42. The quantitative estimate of drug-likeness (QED) is 0.865. The third kappa shape index (κ3) is 4.31. The van der Waals surface area contributed by atoms with Crippen molar-refractivity contribution in [2.45, 2.75) is 32.3 Å². The summed E-state index contributed by atoms with van der Waals surface area (Å²) in [5.74, 6) is 7.09. The van der Waals surface area contributed by atoms with Crippen molar-refractivity contribution in [3.8, 4) is 23.3 Å². The molecule has 0 spiro atoms. The molecule has 1 N–H and O–H groups in total. The molecule has 0 fully saturated rings. The predicted molar refractivity (Wildman–Crippen MR) is 96.5 cm³/mol. The summed E-state index contributed by atoms with van der Waals surface area (Å²) < 4.78 is 10.4. The molecule has 1 atom stereocenters. The van der Waals surface area contributed by atoms with E-state index in [9.17, 15) is 5.11 Å². The molecule has 2 aromatic rings. The third-order valence-corrected chi connectivity index (χ3v) is 3.83. The van der Waals surface area contributed by atoms with Gasteiger partial charge in [0, 0.05) is 5.56 Å². The highest BCUT2D eigenvalue weighted by Crippen LogP contribution is 2.29. The zero-order valence-electron chi connectivity index (χ0n) is 14.9. The topological polar surface area (TPSA) is 38.7 Å². The SMILES string of the molecule is COc1ccc(C(O)C#Cc2ccc(C(C)(C)C)cc2)cc1OC. The van der Waals surface area contributed by atoms with E-state index in [1.165, 1.54) is 5.56 Å². The van der Waals surface area contributed by atoms with Gasteiger partial charge >= 0.3 is 0 Å². The third-order valence-electron chi connectivity index (χ3n) is 3.83. The summed E-state index contributed by atoms with van der Waals surface area (Å²) >= 11 is 0. The van der Waals surface area contributed by atoms with Crippen molar-refractivity contribution >= 4 is 0 Å². The Labute approximate surface area is 144 Å². The molecule has 0 aliphatic carbocycles. The number of methoxy groups -OCH3 is 2. The average molecular weight is 324 g/mol. The fraction of sp³-hybridized carbons (Fsp3) is 0.333. The molecule has 0 saturated heterocycles. The van der Waals surface area contributed by atoms with Crippen molar-refractivity contribution in [3.63, 3.8) is 0 Å². The van der Waals surface area contributed by atoms with Gasteiger partial charge in [-0.25, -0.2) is 0 Å². The summed E-state index contributed by atoms with van der Waals surface area (Å²) in [6, 6.07) is 13.4. The predicted octanol–water partition coefficient (Wildman–Crippen LogP) is 4.09. The van der Waals surface area contributed by atoms with Crippen LogP contribution >= 0.6 is 0 Å². The molecule has 2 rings (SSSR count). The Morgan fingerprint density at radius 3 is 2.08 bits per heavy atom. The maximum atomic E-state index is 10.3.